The van der Waals surface area contributed by atoms with Crippen molar-refractivity contribution in [3.05, 3.63) is 35.9 Å². The zero-order chi connectivity index (χ0) is 8.81. The molecule has 0 unspecified atom stereocenters. The van der Waals surface area contributed by atoms with Crippen molar-refractivity contribution in [2.75, 3.05) is 7.05 Å². The lowest BCUT2D eigenvalue weighted by Crippen LogP contribution is -2.12. The van der Waals surface area contributed by atoms with Gasteiger partial charge in [0.25, 0.3) is 0 Å². The fraction of sp³-hybridized carbons (Fsp3) is 0.111. The van der Waals surface area contributed by atoms with Gasteiger partial charge >= 0.3 is 6.03 Å². The van der Waals surface area contributed by atoms with E-state index in [9.17, 15) is 4.79 Å². The van der Waals surface area contributed by atoms with Crippen LogP contribution < -0.4 is 5.32 Å². The summed E-state index contributed by atoms with van der Waals surface area (Å²) in [6.07, 6.45) is 1.53. The number of carbonyl (C=O) groups excluding carboxylic acids is 1. The van der Waals surface area contributed by atoms with E-state index in [0.29, 0.717) is 0 Å². The second-order valence-corrected chi connectivity index (χ2v) is 2.22. The van der Waals surface area contributed by atoms with Crippen molar-refractivity contribution in [3.8, 4) is 0 Å². The molecule has 1 N–H and O–H groups in total. The Morgan fingerprint density at radius 1 is 1.42 bits per heavy atom. The molecule has 1 aromatic rings. The van der Waals surface area contributed by atoms with Crippen LogP contribution in [0.25, 0.3) is 0 Å². The van der Waals surface area contributed by atoms with Crippen molar-refractivity contribution in [1.82, 2.24) is 5.32 Å². The third-order valence-electron chi connectivity index (χ3n) is 1.34. The number of hydrogen-bond donors (Lipinski definition) is 1. The Morgan fingerprint density at radius 2 is 2.08 bits per heavy atom. The number of rotatable bonds is 1. The van der Waals surface area contributed by atoms with Gasteiger partial charge in [-0.1, -0.05) is 30.3 Å². The average molecular weight is 162 g/mol. The average Bonchev–Trinajstić information content (AvgIpc) is 2.16. The summed E-state index contributed by atoms with van der Waals surface area (Å²) in [6.45, 7) is 0. The highest BCUT2D eigenvalue weighted by molar-refractivity contribution is 5.90. The molecular formula is C9H10N2O. The molecule has 1 aromatic carbocycles. The zero-order valence-corrected chi connectivity index (χ0v) is 6.82. The van der Waals surface area contributed by atoms with E-state index in [1.165, 1.54) is 6.21 Å². The summed E-state index contributed by atoms with van der Waals surface area (Å²) in [5, 5.41) is 2.40. The van der Waals surface area contributed by atoms with E-state index in [0.717, 1.165) is 5.56 Å². The summed E-state index contributed by atoms with van der Waals surface area (Å²) in [6, 6.07) is 9.13. The van der Waals surface area contributed by atoms with Gasteiger partial charge in [-0.3, -0.25) is 0 Å². The van der Waals surface area contributed by atoms with Crippen LogP contribution in [0.3, 0.4) is 0 Å². The van der Waals surface area contributed by atoms with Crippen molar-refractivity contribution in [2.45, 2.75) is 0 Å². The molecule has 12 heavy (non-hydrogen) atoms. The number of nitrogens with one attached hydrogen (secondary N) is 1. The van der Waals surface area contributed by atoms with Crippen LogP contribution in [0.4, 0.5) is 4.79 Å². The van der Waals surface area contributed by atoms with Gasteiger partial charge in [0, 0.05) is 13.3 Å². The largest absolute Gasteiger partial charge is 0.340 e. The fourth-order valence-electron chi connectivity index (χ4n) is 0.737. The third kappa shape index (κ3) is 2.54. The molecule has 0 heterocycles. The predicted molar refractivity (Wildman–Crippen MR) is 48.5 cm³/mol. The van der Waals surface area contributed by atoms with Gasteiger partial charge in [-0.25, -0.2) is 9.79 Å². The molecule has 1 rings (SSSR count). The molecule has 0 fully saturated rings. The number of amides is 2. The Kier molecular flexibility index (Phi) is 3.02. The van der Waals surface area contributed by atoms with Crippen LogP contribution in [0, 0.1) is 0 Å². The Hall–Kier alpha value is -1.64. The lowest BCUT2D eigenvalue weighted by Gasteiger charge is -1.90. The second-order valence-electron chi connectivity index (χ2n) is 2.22. The van der Waals surface area contributed by atoms with Crippen LogP contribution in [0.1, 0.15) is 5.56 Å². The monoisotopic (exact) mass is 162 g/mol. The van der Waals surface area contributed by atoms with Crippen LogP contribution in [0.15, 0.2) is 35.3 Å². The molecule has 0 aliphatic heterocycles. The molecule has 3 heteroatoms. The summed E-state index contributed by atoms with van der Waals surface area (Å²) < 4.78 is 0. The van der Waals surface area contributed by atoms with Gasteiger partial charge in [-0.05, 0) is 5.56 Å². The maximum atomic E-state index is 10.7. The van der Waals surface area contributed by atoms with E-state index >= 15 is 0 Å². The maximum Gasteiger partial charge on any atom is 0.340 e. The molecule has 0 radical (unpaired) electrons. The van der Waals surface area contributed by atoms with Crippen LogP contribution in [-0.2, 0) is 0 Å². The molecule has 2 amide bonds. The smallest absolute Gasteiger partial charge is 0.339 e. The number of hydrogen-bond acceptors (Lipinski definition) is 1. The lowest BCUT2D eigenvalue weighted by molar-refractivity contribution is 0.251. The van der Waals surface area contributed by atoms with Gasteiger partial charge in [0.15, 0.2) is 0 Å². The van der Waals surface area contributed by atoms with Gasteiger partial charge in [0.1, 0.15) is 0 Å². The first kappa shape index (κ1) is 8.46. The van der Waals surface area contributed by atoms with E-state index in [1.54, 1.807) is 7.05 Å². The Labute approximate surface area is 71.1 Å². The zero-order valence-electron chi connectivity index (χ0n) is 6.82. The number of carbonyl (C=O) groups is 1. The quantitative estimate of drug-likeness (QED) is 0.624. The summed E-state index contributed by atoms with van der Waals surface area (Å²) in [5.41, 5.74) is 0.918. The topological polar surface area (TPSA) is 41.5 Å². The Balaban J connectivity index is 2.64. The van der Waals surface area contributed by atoms with Crippen molar-refractivity contribution < 1.29 is 4.79 Å². The SMILES string of the molecule is CNC(=O)/N=C/c1ccccc1. The van der Waals surface area contributed by atoms with E-state index in [1.807, 2.05) is 30.3 Å². The standard InChI is InChI=1S/C9H10N2O/c1-10-9(12)11-7-8-5-3-2-4-6-8/h2-7H,1H3,(H,10,12)/b11-7+. The van der Waals surface area contributed by atoms with Crippen molar-refractivity contribution in [3.63, 3.8) is 0 Å². The predicted octanol–water partition coefficient (Wildman–Crippen LogP) is 1.44. The molecular weight excluding hydrogens is 152 g/mol. The summed E-state index contributed by atoms with van der Waals surface area (Å²) >= 11 is 0. The van der Waals surface area contributed by atoms with Gasteiger partial charge < -0.3 is 5.32 Å². The highest BCUT2D eigenvalue weighted by Crippen LogP contribution is 1.93. The lowest BCUT2D eigenvalue weighted by atomic mass is 10.2. The molecule has 0 aliphatic carbocycles. The van der Waals surface area contributed by atoms with Crippen molar-refractivity contribution in [1.29, 1.82) is 0 Å². The Morgan fingerprint density at radius 3 is 2.67 bits per heavy atom. The second kappa shape index (κ2) is 4.28. The van der Waals surface area contributed by atoms with Gasteiger partial charge in [-0.15, -0.1) is 0 Å². The van der Waals surface area contributed by atoms with E-state index in [4.69, 9.17) is 0 Å². The van der Waals surface area contributed by atoms with E-state index in [2.05, 4.69) is 10.3 Å². The number of nitrogens with zero attached hydrogens (tertiary/aromatic N) is 1. The van der Waals surface area contributed by atoms with Gasteiger partial charge in [0.2, 0.25) is 0 Å². The van der Waals surface area contributed by atoms with Gasteiger partial charge in [-0.2, -0.15) is 0 Å². The summed E-state index contributed by atoms with van der Waals surface area (Å²) in [4.78, 5) is 14.3. The van der Waals surface area contributed by atoms with Crippen molar-refractivity contribution in [2.24, 2.45) is 4.99 Å². The van der Waals surface area contributed by atoms with E-state index in [-0.39, 0.29) is 6.03 Å². The number of benzene rings is 1. The minimum atomic E-state index is -0.334. The molecule has 0 saturated heterocycles. The molecule has 62 valence electrons. The molecule has 0 spiro atoms. The molecule has 3 nitrogen and oxygen atoms in total. The first-order valence-electron chi connectivity index (χ1n) is 3.64. The van der Waals surface area contributed by atoms with Crippen LogP contribution in [0.2, 0.25) is 0 Å². The van der Waals surface area contributed by atoms with Gasteiger partial charge in [0.05, 0.1) is 0 Å². The number of aliphatic imine (C=N–C) groups is 1. The molecule has 0 saturated carbocycles. The molecule has 0 aliphatic rings. The summed E-state index contributed by atoms with van der Waals surface area (Å²) in [5.74, 6) is 0. The highest BCUT2D eigenvalue weighted by atomic mass is 16.2. The van der Waals surface area contributed by atoms with E-state index < -0.39 is 0 Å². The maximum absolute atomic E-state index is 10.7. The molecule has 0 bridgehead atoms. The normalized spacial score (nSPS) is 10.1. The summed E-state index contributed by atoms with van der Waals surface area (Å²) in [7, 11) is 1.55. The van der Waals surface area contributed by atoms with Crippen LogP contribution in [-0.4, -0.2) is 19.3 Å². The van der Waals surface area contributed by atoms with Crippen LogP contribution in [0.5, 0.6) is 0 Å². The van der Waals surface area contributed by atoms with Crippen LogP contribution >= 0.6 is 0 Å². The fourth-order valence-corrected chi connectivity index (χ4v) is 0.737. The molecule has 0 atom stereocenters. The van der Waals surface area contributed by atoms with Crippen molar-refractivity contribution >= 4 is 12.2 Å². The third-order valence-corrected chi connectivity index (χ3v) is 1.34. The highest BCUT2D eigenvalue weighted by Gasteiger charge is 1.88. The first-order chi connectivity index (χ1) is 5.83. The first-order valence-corrected chi connectivity index (χ1v) is 3.64. The number of urea groups is 1. The minimum Gasteiger partial charge on any atom is -0.339 e. The molecule has 0 aromatic heterocycles. The minimum absolute atomic E-state index is 0.334. The Bertz CT molecular complexity index is 280.